The number of hydrogen-bond donors (Lipinski definition) is 0. The lowest BCUT2D eigenvalue weighted by atomic mass is 10.7. The van der Waals surface area contributed by atoms with Crippen LogP contribution >= 0.6 is 24.0 Å². The predicted molar refractivity (Wildman–Crippen MR) is 47.8 cm³/mol. The molecule has 0 atom stereocenters. The fourth-order valence-corrected chi connectivity index (χ4v) is 1.44. The third-order valence-electron chi connectivity index (χ3n) is 0.951. The molecular formula is C6H7NO2S2. The average Bonchev–Trinajstić information content (AvgIpc) is 1.93. The molecule has 0 unspecified atom stereocenters. The molecule has 0 aromatic heterocycles. The third-order valence-corrected chi connectivity index (χ3v) is 2.27. The van der Waals surface area contributed by atoms with Crippen molar-refractivity contribution >= 4 is 34.3 Å². The van der Waals surface area contributed by atoms with Crippen LogP contribution in [-0.4, -0.2) is 21.1 Å². The SMILES string of the molecule is CC(=O)ON1C=CCSC1=S. The highest BCUT2D eigenvalue weighted by molar-refractivity contribution is 8.23. The zero-order valence-electron chi connectivity index (χ0n) is 5.94. The highest BCUT2D eigenvalue weighted by Gasteiger charge is 2.12. The lowest BCUT2D eigenvalue weighted by Gasteiger charge is -2.20. The Morgan fingerprint density at radius 3 is 3.18 bits per heavy atom. The Balaban J connectivity index is 2.55. The zero-order chi connectivity index (χ0) is 8.27. The minimum absolute atomic E-state index is 0.362. The van der Waals surface area contributed by atoms with Crippen molar-refractivity contribution in [3.8, 4) is 0 Å². The van der Waals surface area contributed by atoms with E-state index in [-0.39, 0.29) is 5.97 Å². The van der Waals surface area contributed by atoms with E-state index in [4.69, 9.17) is 17.1 Å². The van der Waals surface area contributed by atoms with Crippen LogP contribution < -0.4 is 0 Å². The Labute approximate surface area is 74.3 Å². The highest BCUT2D eigenvalue weighted by Crippen LogP contribution is 2.15. The summed E-state index contributed by atoms with van der Waals surface area (Å²) < 4.78 is 0.572. The van der Waals surface area contributed by atoms with Crippen molar-refractivity contribution < 1.29 is 9.63 Å². The summed E-state index contributed by atoms with van der Waals surface area (Å²) in [6.07, 6.45) is 3.53. The fourth-order valence-electron chi connectivity index (χ4n) is 0.589. The number of carbonyl (C=O) groups is 1. The molecule has 0 bridgehead atoms. The lowest BCUT2D eigenvalue weighted by Crippen LogP contribution is -2.26. The van der Waals surface area contributed by atoms with Gasteiger partial charge in [0.25, 0.3) is 0 Å². The minimum Gasteiger partial charge on any atom is -0.336 e. The molecule has 0 N–H and O–H groups in total. The highest BCUT2D eigenvalue weighted by atomic mass is 32.2. The monoisotopic (exact) mass is 189 g/mol. The van der Waals surface area contributed by atoms with Crippen LogP contribution in [0.15, 0.2) is 12.3 Å². The number of rotatable bonds is 1. The molecule has 1 heterocycles. The first-order valence-electron chi connectivity index (χ1n) is 3.01. The van der Waals surface area contributed by atoms with E-state index < -0.39 is 0 Å². The molecule has 0 aromatic rings. The van der Waals surface area contributed by atoms with Crippen molar-refractivity contribution in [3.63, 3.8) is 0 Å². The van der Waals surface area contributed by atoms with Crippen LogP contribution in [0.3, 0.4) is 0 Å². The molecule has 60 valence electrons. The molecule has 1 aliphatic rings. The van der Waals surface area contributed by atoms with E-state index in [1.807, 2.05) is 6.08 Å². The first kappa shape index (κ1) is 8.55. The van der Waals surface area contributed by atoms with E-state index in [1.54, 1.807) is 6.20 Å². The van der Waals surface area contributed by atoms with Gasteiger partial charge in [-0.1, -0.05) is 17.8 Å². The summed E-state index contributed by atoms with van der Waals surface area (Å²) in [5, 5.41) is 1.30. The molecule has 0 aromatic carbocycles. The number of nitrogens with zero attached hydrogens (tertiary/aromatic N) is 1. The van der Waals surface area contributed by atoms with Crippen molar-refractivity contribution in [1.29, 1.82) is 0 Å². The number of carbonyl (C=O) groups excluding carboxylic acids is 1. The summed E-state index contributed by atoms with van der Waals surface area (Å²) in [5.41, 5.74) is 0. The summed E-state index contributed by atoms with van der Waals surface area (Å²) in [5.74, 6) is 0.482. The van der Waals surface area contributed by atoms with Crippen molar-refractivity contribution in [1.82, 2.24) is 5.06 Å². The summed E-state index contributed by atoms with van der Waals surface area (Å²) in [4.78, 5) is 15.2. The van der Waals surface area contributed by atoms with Gasteiger partial charge in [-0.3, -0.25) is 0 Å². The quantitative estimate of drug-likeness (QED) is 0.580. The van der Waals surface area contributed by atoms with Crippen LogP contribution in [0.2, 0.25) is 0 Å². The Morgan fingerprint density at radius 1 is 1.91 bits per heavy atom. The molecule has 0 radical (unpaired) electrons. The van der Waals surface area contributed by atoms with E-state index in [2.05, 4.69) is 0 Å². The van der Waals surface area contributed by atoms with E-state index in [9.17, 15) is 4.79 Å². The predicted octanol–water partition coefficient (Wildman–Crippen LogP) is 1.31. The molecular weight excluding hydrogens is 182 g/mol. The van der Waals surface area contributed by atoms with Gasteiger partial charge >= 0.3 is 5.97 Å². The molecule has 0 saturated heterocycles. The second-order valence-electron chi connectivity index (χ2n) is 1.87. The maximum Gasteiger partial charge on any atom is 0.329 e. The van der Waals surface area contributed by atoms with Gasteiger partial charge in [0.1, 0.15) is 0 Å². The van der Waals surface area contributed by atoms with Gasteiger partial charge in [0, 0.05) is 18.9 Å². The second-order valence-corrected chi connectivity index (χ2v) is 3.52. The maximum absolute atomic E-state index is 10.5. The van der Waals surface area contributed by atoms with E-state index in [0.29, 0.717) is 4.32 Å². The van der Waals surface area contributed by atoms with Gasteiger partial charge < -0.3 is 4.84 Å². The average molecular weight is 189 g/mol. The number of thiocarbonyl (C=S) groups is 1. The van der Waals surface area contributed by atoms with Gasteiger partial charge in [0.2, 0.25) is 0 Å². The third kappa shape index (κ3) is 2.51. The van der Waals surface area contributed by atoms with Gasteiger partial charge in [0.05, 0.1) is 0 Å². The maximum atomic E-state index is 10.5. The van der Waals surface area contributed by atoms with Crippen molar-refractivity contribution in [2.45, 2.75) is 6.92 Å². The van der Waals surface area contributed by atoms with Crippen LogP contribution in [0, 0.1) is 0 Å². The zero-order valence-corrected chi connectivity index (χ0v) is 7.58. The normalized spacial score (nSPS) is 16.8. The molecule has 0 saturated carbocycles. The van der Waals surface area contributed by atoms with Gasteiger partial charge in [-0.2, -0.15) is 5.06 Å². The number of thioether (sulfide) groups is 1. The Hall–Kier alpha value is -0.550. The standard InChI is InChI=1S/C6H7NO2S2/c1-5(8)9-7-3-2-4-11-6(7)10/h2-3H,4H2,1H3. The Morgan fingerprint density at radius 2 is 2.64 bits per heavy atom. The molecule has 1 rings (SSSR count). The molecule has 1 aliphatic heterocycles. The summed E-state index contributed by atoms with van der Waals surface area (Å²) in [6, 6.07) is 0. The molecule has 0 aliphatic carbocycles. The van der Waals surface area contributed by atoms with Gasteiger partial charge in [-0.05, 0) is 12.2 Å². The van der Waals surface area contributed by atoms with Gasteiger partial charge in [0.15, 0.2) is 4.32 Å². The van der Waals surface area contributed by atoms with E-state index >= 15 is 0 Å². The molecule has 11 heavy (non-hydrogen) atoms. The number of hydroxylamine groups is 2. The molecule has 0 spiro atoms. The largest absolute Gasteiger partial charge is 0.336 e. The molecule has 5 heteroatoms. The summed E-state index contributed by atoms with van der Waals surface area (Å²) >= 11 is 6.37. The van der Waals surface area contributed by atoms with Crippen LogP contribution in [0.1, 0.15) is 6.92 Å². The summed E-state index contributed by atoms with van der Waals surface area (Å²) in [6.45, 7) is 1.34. The lowest BCUT2D eigenvalue weighted by molar-refractivity contribution is -0.161. The van der Waals surface area contributed by atoms with Crippen LogP contribution in [-0.2, 0) is 9.63 Å². The van der Waals surface area contributed by atoms with Crippen LogP contribution in [0.5, 0.6) is 0 Å². The van der Waals surface area contributed by atoms with Crippen LogP contribution in [0.25, 0.3) is 0 Å². The molecule has 3 nitrogen and oxygen atoms in total. The minimum atomic E-state index is -0.362. The first-order chi connectivity index (χ1) is 5.20. The van der Waals surface area contributed by atoms with Crippen molar-refractivity contribution in [3.05, 3.63) is 12.3 Å². The summed E-state index contributed by atoms with van der Waals surface area (Å²) in [7, 11) is 0. The first-order valence-corrected chi connectivity index (χ1v) is 4.40. The fraction of sp³-hybridized carbons (Fsp3) is 0.333. The Kier molecular flexibility index (Phi) is 2.90. The van der Waals surface area contributed by atoms with Gasteiger partial charge in [-0.15, -0.1) is 0 Å². The second kappa shape index (κ2) is 3.73. The topological polar surface area (TPSA) is 29.5 Å². The van der Waals surface area contributed by atoms with Crippen molar-refractivity contribution in [2.24, 2.45) is 0 Å². The van der Waals surface area contributed by atoms with Crippen molar-refractivity contribution in [2.75, 3.05) is 5.75 Å². The van der Waals surface area contributed by atoms with Gasteiger partial charge in [-0.25, -0.2) is 4.79 Å². The van der Waals surface area contributed by atoms with E-state index in [0.717, 1.165) is 5.75 Å². The number of hydrogen-bond acceptors (Lipinski definition) is 4. The Bertz CT molecular complexity index is 215. The molecule has 0 amide bonds. The van der Waals surface area contributed by atoms with E-state index in [1.165, 1.54) is 23.7 Å². The molecule has 0 fully saturated rings. The smallest absolute Gasteiger partial charge is 0.329 e. The van der Waals surface area contributed by atoms with Crippen LogP contribution in [0.4, 0.5) is 0 Å².